The van der Waals surface area contributed by atoms with Crippen molar-refractivity contribution in [2.24, 2.45) is 0 Å². The minimum Gasteiger partial charge on any atom is -0.397 e. The fourth-order valence-corrected chi connectivity index (χ4v) is 2.93. The van der Waals surface area contributed by atoms with Crippen molar-refractivity contribution >= 4 is 55.0 Å². The van der Waals surface area contributed by atoms with Crippen molar-refractivity contribution in [3.63, 3.8) is 0 Å². The number of halogens is 2. The Bertz CT molecular complexity index is 468. The zero-order valence-corrected chi connectivity index (χ0v) is 10.5. The molecular formula is C10H7BrIN. The third-order valence-corrected chi connectivity index (χ3v) is 3.53. The predicted octanol–water partition coefficient (Wildman–Crippen LogP) is 3.79. The van der Waals surface area contributed by atoms with Gasteiger partial charge in [-0.15, -0.1) is 0 Å². The van der Waals surface area contributed by atoms with Crippen molar-refractivity contribution in [1.82, 2.24) is 0 Å². The average Bonchev–Trinajstić information content (AvgIpc) is 2.15. The van der Waals surface area contributed by atoms with Gasteiger partial charge in [0.2, 0.25) is 0 Å². The highest BCUT2D eigenvalue weighted by Crippen LogP contribution is 2.32. The van der Waals surface area contributed by atoms with E-state index in [1.54, 1.807) is 0 Å². The van der Waals surface area contributed by atoms with E-state index in [2.05, 4.69) is 44.6 Å². The van der Waals surface area contributed by atoms with Crippen LogP contribution in [0.5, 0.6) is 0 Å². The number of anilines is 1. The van der Waals surface area contributed by atoms with Crippen LogP contribution in [0.15, 0.2) is 34.8 Å². The molecule has 0 unspecified atom stereocenters. The van der Waals surface area contributed by atoms with Crippen LogP contribution in [0.25, 0.3) is 10.8 Å². The molecule has 13 heavy (non-hydrogen) atoms. The molecule has 0 atom stereocenters. The van der Waals surface area contributed by atoms with E-state index in [0.717, 1.165) is 19.1 Å². The SMILES string of the molecule is Nc1c(I)cc(Br)c2ccccc12. The monoisotopic (exact) mass is 347 g/mol. The number of benzene rings is 2. The van der Waals surface area contributed by atoms with E-state index in [1.807, 2.05) is 24.3 Å². The minimum atomic E-state index is 0.861. The zero-order valence-electron chi connectivity index (χ0n) is 6.72. The zero-order chi connectivity index (χ0) is 9.42. The summed E-state index contributed by atoms with van der Waals surface area (Å²) in [5.41, 5.74) is 6.82. The Labute approximate surface area is 98.6 Å². The van der Waals surface area contributed by atoms with Crippen molar-refractivity contribution in [1.29, 1.82) is 0 Å². The molecule has 0 heterocycles. The molecule has 0 saturated carbocycles. The maximum Gasteiger partial charge on any atom is 0.0530 e. The van der Waals surface area contributed by atoms with Crippen molar-refractivity contribution in [3.05, 3.63) is 38.4 Å². The smallest absolute Gasteiger partial charge is 0.0530 e. The standard InChI is InChI=1S/C10H7BrIN/c11-8-5-9(12)10(13)7-4-2-1-3-6(7)8/h1-5H,13H2. The summed E-state index contributed by atoms with van der Waals surface area (Å²) in [7, 11) is 0. The Hall–Kier alpha value is -0.290. The quantitative estimate of drug-likeness (QED) is 0.569. The van der Waals surface area contributed by atoms with Crippen LogP contribution in [-0.2, 0) is 0 Å². The van der Waals surface area contributed by atoms with Gasteiger partial charge in [-0.1, -0.05) is 40.2 Å². The van der Waals surface area contributed by atoms with Crippen LogP contribution >= 0.6 is 38.5 Å². The van der Waals surface area contributed by atoms with E-state index in [4.69, 9.17) is 5.73 Å². The Morgan fingerprint density at radius 2 is 1.77 bits per heavy atom. The molecule has 0 spiro atoms. The van der Waals surface area contributed by atoms with Gasteiger partial charge in [0.15, 0.2) is 0 Å². The van der Waals surface area contributed by atoms with Crippen LogP contribution in [0.1, 0.15) is 0 Å². The van der Waals surface area contributed by atoms with Crippen molar-refractivity contribution in [2.75, 3.05) is 5.73 Å². The van der Waals surface area contributed by atoms with Gasteiger partial charge in [0, 0.05) is 13.4 Å². The molecule has 0 aliphatic carbocycles. The van der Waals surface area contributed by atoms with Gasteiger partial charge in [0.1, 0.15) is 0 Å². The summed E-state index contributed by atoms with van der Waals surface area (Å²) in [5, 5.41) is 2.28. The Kier molecular flexibility index (Phi) is 2.47. The highest BCUT2D eigenvalue weighted by molar-refractivity contribution is 14.1. The molecule has 2 rings (SSSR count). The maximum absolute atomic E-state index is 5.96. The molecule has 1 nitrogen and oxygen atoms in total. The lowest BCUT2D eigenvalue weighted by molar-refractivity contribution is 1.64. The van der Waals surface area contributed by atoms with Crippen LogP contribution in [0.2, 0.25) is 0 Å². The Morgan fingerprint density at radius 3 is 2.46 bits per heavy atom. The third-order valence-electron chi connectivity index (χ3n) is 1.99. The van der Waals surface area contributed by atoms with E-state index < -0.39 is 0 Å². The first-order chi connectivity index (χ1) is 6.20. The summed E-state index contributed by atoms with van der Waals surface area (Å²) in [4.78, 5) is 0. The Balaban J connectivity index is 2.97. The molecule has 2 aromatic rings. The Morgan fingerprint density at radius 1 is 1.15 bits per heavy atom. The molecule has 0 bridgehead atoms. The fourth-order valence-electron chi connectivity index (χ4n) is 1.32. The normalized spacial score (nSPS) is 10.6. The van der Waals surface area contributed by atoms with Crippen molar-refractivity contribution in [2.45, 2.75) is 0 Å². The van der Waals surface area contributed by atoms with Gasteiger partial charge in [0.25, 0.3) is 0 Å². The molecule has 2 aromatic carbocycles. The van der Waals surface area contributed by atoms with E-state index in [-0.39, 0.29) is 0 Å². The summed E-state index contributed by atoms with van der Waals surface area (Å²) in [6.07, 6.45) is 0. The van der Waals surface area contributed by atoms with Gasteiger partial charge in [0.05, 0.1) is 5.69 Å². The topological polar surface area (TPSA) is 26.0 Å². The second-order valence-corrected chi connectivity index (χ2v) is 4.82. The summed E-state index contributed by atoms with van der Waals surface area (Å²) in [5.74, 6) is 0. The molecule has 3 heteroatoms. The second kappa shape index (κ2) is 3.46. The number of rotatable bonds is 0. The van der Waals surface area contributed by atoms with Crippen LogP contribution < -0.4 is 5.73 Å². The molecule has 0 aliphatic heterocycles. The molecule has 0 fully saturated rings. The van der Waals surface area contributed by atoms with Crippen molar-refractivity contribution in [3.8, 4) is 0 Å². The van der Waals surface area contributed by atoms with E-state index in [0.29, 0.717) is 0 Å². The van der Waals surface area contributed by atoms with Gasteiger partial charge in [-0.05, 0) is 34.0 Å². The van der Waals surface area contributed by atoms with Crippen molar-refractivity contribution < 1.29 is 0 Å². The minimum absolute atomic E-state index is 0.861. The lowest BCUT2D eigenvalue weighted by Crippen LogP contribution is -1.91. The maximum atomic E-state index is 5.96. The van der Waals surface area contributed by atoms with Crippen LogP contribution in [0.4, 0.5) is 5.69 Å². The average molecular weight is 348 g/mol. The van der Waals surface area contributed by atoms with Gasteiger partial charge in [-0.3, -0.25) is 0 Å². The third kappa shape index (κ3) is 1.55. The number of hydrogen-bond acceptors (Lipinski definition) is 1. The first kappa shape index (κ1) is 9.27. The number of hydrogen-bond donors (Lipinski definition) is 1. The number of nitrogen functional groups attached to an aromatic ring is 1. The van der Waals surface area contributed by atoms with Gasteiger partial charge < -0.3 is 5.73 Å². The summed E-state index contributed by atoms with van der Waals surface area (Å²) in [6, 6.07) is 10.2. The first-order valence-electron chi connectivity index (χ1n) is 3.82. The molecule has 2 N–H and O–H groups in total. The highest BCUT2D eigenvalue weighted by Gasteiger charge is 2.04. The first-order valence-corrected chi connectivity index (χ1v) is 5.69. The summed E-state index contributed by atoms with van der Waals surface area (Å²) < 4.78 is 2.19. The highest BCUT2D eigenvalue weighted by atomic mass is 127. The van der Waals surface area contributed by atoms with Crippen LogP contribution in [-0.4, -0.2) is 0 Å². The van der Waals surface area contributed by atoms with E-state index >= 15 is 0 Å². The fraction of sp³-hybridized carbons (Fsp3) is 0. The summed E-state index contributed by atoms with van der Waals surface area (Å²) >= 11 is 5.76. The molecule has 0 saturated heterocycles. The molecule has 0 amide bonds. The van der Waals surface area contributed by atoms with Crippen LogP contribution in [0, 0.1) is 3.57 Å². The molecule has 0 aromatic heterocycles. The lowest BCUT2D eigenvalue weighted by Gasteiger charge is -2.06. The van der Waals surface area contributed by atoms with Gasteiger partial charge >= 0.3 is 0 Å². The molecule has 0 radical (unpaired) electrons. The molecule has 0 aliphatic rings. The van der Waals surface area contributed by atoms with Gasteiger partial charge in [-0.2, -0.15) is 0 Å². The lowest BCUT2D eigenvalue weighted by atomic mass is 10.1. The molecular weight excluding hydrogens is 341 g/mol. The predicted molar refractivity (Wildman–Crippen MR) is 68.8 cm³/mol. The van der Waals surface area contributed by atoms with Gasteiger partial charge in [-0.25, -0.2) is 0 Å². The summed E-state index contributed by atoms with van der Waals surface area (Å²) in [6.45, 7) is 0. The number of nitrogens with two attached hydrogens (primary N) is 1. The largest absolute Gasteiger partial charge is 0.397 e. The second-order valence-electron chi connectivity index (χ2n) is 2.80. The van der Waals surface area contributed by atoms with E-state index in [1.165, 1.54) is 5.39 Å². The molecule has 66 valence electrons. The van der Waals surface area contributed by atoms with Crippen LogP contribution in [0.3, 0.4) is 0 Å². The van der Waals surface area contributed by atoms with E-state index in [9.17, 15) is 0 Å². The number of fused-ring (bicyclic) bond motifs is 1.